The normalized spacial score (nSPS) is 14.1. The number of piperidine rings is 1. The molecule has 1 aliphatic heterocycles. The first-order chi connectivity index (χ1) is 20.1. The molecule has 0 aliphatic carbocycles. The van der Waals surface area contributed by atoms with Gasteiger partial charge in [0, 0.05) is 34.6 Å². The third-order valence-corrected chi connectivity index (χ3v) is 7.57. The first-order valence-corrected chi connectivity index (χ1v) is 13.7. The number of halogens is 1. The second kappa shape index (κ2) is 10.5. The summed E-state index contributed by atoms with van der Waals surface area (Å²) in [6.45, 7) is 6.39. The number of nitrogens with one attached hydrogen (secondary N) is 4. The molecule has 0 spiro atoms. The number of nitrogens with zero attached hydrogens (tertiary/aromatic N) is 5. The largest absolute Gasteiger partial charge is 0.358 e. The molecule has 10 heteroatoms. The quantitative estimate of drug-likeness (QED) is 0.192. The minimum Gasteiger partial charge on any atom is -0.358 e. The standard InChI is InChI=1S/C31H28FN9/c1-18(10-19-6-8-33-9-7-19)37-23-11-21(13-34-14-23)26-12-24-27(17-36-26)40-41-30(24)31-38-28-16-35-15-25(29(28)39-31)20-2-4-22(32)5-3-20/h2-5,11-17,19,33,37H,1,6-10H2,(H,38,39)(H,40,41). The van der Waals surface area contributed by atoms with Crippen molar-refractivity contribution in [1.29, 1.82) is 0 Å². The van der Waals surface area contributed by atoms with E-state index in [1.54, 1.807) is 43.1 Å². The molecule has 6 aromatic rings. The van der Waals surface area contributed by atoms with Crippen molar-refractivity contribution in [2.75, 3.05) is 18.4 Å². The molecule has 7 rings (SSSR count). The lowest BCUT2D eigenvalue weighted by atomic mass is 9.93. The van der Waals surface area contributed by atoms with Crippen molar-refractivity contribution in [2.24, 2.45) is 5.92 Å². The molecule has 1 fully saturated rings. The molecule has 0 atom stereocenters. The molecular formula is C31H28FN9. The molecule has 41 heavy (non-hydrogen) atoms. The number of H-pyrrole nitrogens is 2. The van der Waals surface area contributed by atoms with E-state index in [-0.39, 0.29) is 5.82 Å². The van der Waals surface area contributed by atoms with E-state index in [9.17, 15) is 4.39 Å². The first kappa shape index (κ1) is 25.0. The Hall–Kier alpha value is -4.96. The molecular weight excluding hydrogens is 517 g/mol. The van der Waals surface area contributed by atoms with Crippen LogP contribution in [0.5, 0.6) is 0 Å². The number of allylic oxidation sites excluding steroid dienone is 1. The zero-order chi connectivity index (χ0) is 27.8. The highest BCUT2D eigenvalue weighted by molar-refractivity contribution is 5.97. The summed E-state index contributed by atoms with van der Waals surface area (Å²) < 4.78 is 13.5. The maximum atomic E-state index is 13.5. The summed E-state index contributed by atoms with van der Waals surface area (Å²) in [5.41, 5.74) is 8.13. The molecule has 1 saturated heterocycles. The topological polar surface area (TPSA) is 120 Å². The van der Waals surface area contributed by atoms with Crippen molar-refractivity contribution in [3.05, 3.63) is 85.5 Å². The molecule has 6 heterocycles. The average Bonchev–Trinajstić information content (AvgIpc) is 3.62. The van der Waals surface area contributed by atoms with Crippen LogP contribution in [-0.2, 0) is 0 Å². The van der Waals surface area contributed by atoms with Crippen molar-refractivity contribution in [1.82, 2.24) is 40.4 Å². The minimum absolute atomic E-state index is 0.289. The molecule has 4 N–H and O–H groups in total. The van der Waals surface area contributed by atoms with E-state index >= 15 is 0 Å². The van der Waals surface area contributed by atoms with Gasteiger partial charge < -0.3 is 15.6 Å². The third-order valence-electron chi connectivity index (χ3n) is 7.57. The van der Waals surface area contributed by atoms with Gasteiger partial charge in [0.2, 0.25) is 0 Å². The number of imidazole rings is 1. The Morgan fingerprint density at radius 2 is 1.78 bits per heavy atom. The lowest BCUT2D eigenvalue weighted by Gasteiger charge is -2.23. The van der Waals surface area contributed by atoms with E-state index < -0.39 is 0 Å². The predicted molar refractivity (Wildman–Crippen MR) is 158 cm³/mol. The van der Waals surface area contributed by atoms with Crippen molar-refractivity contribution >= 4 is 27.6 Å². The van der Waals surface area contributed by atoms with Crippen LogP contribution in [0.3, 0.4) is 0 Å². The van der Waals surface area contributed by atoms with Crippen molar-refractivity contribution in [3.8, 4) is 33.9 Å². The van der Waals surface area contributed by atoms with E-state index in [0.717, 1.165) is 75.2 Å². The van der Waals surface area contributed by atoms with E-state index in [1.807, 2.05) is 12.1 Å². The second-order valence-corrected chi connectivity index (χ2v) is 10.5. The van der Waals surface area contributed by atoms with Crippen LogP contribution in [0.1, 0.15) is 19.3 Å². The summed E-state index contributed by atoms with van der Waals surface area (Å²) >= 11 is 0. The van der Waals surface area contributed by atoms with Gasteiger partial charge in [-0.3, -0.25) is 20.1 Å². The van der Waals surface area contributed by atoms with Crippen molar-refractivity contribution in [3.63, 3.8) is 0 Å². The van der Waals surface area contributed by atoms with Gasteiger partial charge >= 0.3 is 0 Å². The van der Waals surface area contributed by atoms with Gasteiger partial charge in [-0.25, -0.2) is 9.37 Å². The lowest BCUT2D eigenvalue weighted by molar-refractivity contribution is 0.373. The highest BCUT2D eigenvalue weighted by Gasteiger charge is 2.17. The van der Waals surface area contributed by atoms with Gasteiger partial charge in [0.15, 0.2) is 5.82 Å². The fraction of sp³-hybridized carbons (Fsp3) is 0.194. The Morgan fingerprint density at radius 3 is 2.63 bits per heavy atom. The number of rotatable bonds is 7. The van der Waals surface area contributed by atoms with Crippen LogP contribution in [0.2, 0.25) is 0 Å². The van der Waals surface area contributed by atoms with Gasteiger partial charge in [0.05, 0.1) is 46.5 Å². The molecule has 0 radical (unpaired) electrons. The molecule has 1 aromatic carbocycles. The van der Waals surface area contributed by atoms with Gasteiger partial charge in [-0.1, -0.05) is 18.7 Å². The molecule has 204 valence electrons. The fourth-order valence-electron chi connectivity index (χ4n) is 5.48. The Bertz CT molecular complexity index is 1870. The summed E-state index contributed by atoms with van der Waals surface area (Å²) in [5, 5.41) is 15.3. The van der Waals surface area contributed by atoms with Gasteiger partial charge in [-0.05, 0) is 68.1 Å². The third kappa shape index (κ3) is 5.05. The van der Waals surface area contributed by atoms with Crippen LogP contribution in [0.25, 0.3) is 55.8 Å². The predicted octanol–water partition coefficient (Wildman–Crippen LogP) is 6.08. The fourth-order valence-corrected chi connectivity index (χ4v) is 5.48. The highest BCUT2D eigenvalue weighted by atomic mass is 19.1. The molecule has 1 aliphatic rings. The Morgan fingerprint density at radius 1 is 0.951 bits per heavy atom. The first-order valence-electron chi connectivity index (χ1n) is 13.7. The van der Waals surface area contributed by atoms with E-state index in [1.165, 1.54) is 25.0 Å². The van der Waals surface area contributed by atoms with Crippen LogP contribution < -0.4 is 10.6 Å². The summed E-state index contributed by atoms with van der Waals surface area (Å²) in [7, 11) is 0. The molecule has 0 unspecified atom stereocenters. The minimum atomic E-state index is -0.289. The lowest BCUT2D eigenvalue weighted by Crippen LogP contribution is -2.28. The zero-order valence-corrected chi connectivity index (χ0v) is 22.3. The van der Waals surface area contributed by atoms with Crippen molar-refractivity contribution < 1.29 is 4.39 Å². The number of benzene rings is 1. The Labute approximate surface area is 235 Å². The second-order valence-electron chi connectivity index (χ2n) is 10.5. The van der Waals surface area contributed by atoms with E-state index in [2.05, 4.69) is 47.3 Å². The van der Waals surface area contributed by atoms with Crippen LogP contribution in [-0.4, -0.2) is 48.2 Å². The molecule has 0 saturated carbocycles. The van der Waals surface area contributed by atoms with Gasteiger partial charge in [0.25, 0.3) is 0 Å². The van der Waals surface area contributed by atoms with Crippen molar-refractivity contribution in [2.45, 2.75) is 19.3 Å². The Balaban J connectivity index is 1.19. The number of fused-ring (bicyclic) bond motifs is 2. The number of aromatic amines is 2. The van der Waals surface area contributed by atoms with E-state index in [0.29, 0.717) is 17.4 Å². The highest BCUT2D eigenvalue weighted by Crippen LogP contribution is 2.32. The summed E-state index contributed by atoms with van der Waals surface area (Å²) in [5.74, 6) is 0.960. The molecule has 9 nitrogen and oxygen atoms in total. The summed E-state index contributed by atoms with van der Waals surface area (Å²) in [4.78, 5) is 21.7. The smallest absolute Gasteiger partial charge is 0.159 e. The maximum absolute atomic E-state index is 13.5. The van der Waals surface area contributed by atoms with Crippen LogP contribution in [0.4, 0.5) is 10.1 Å². The van der Waals surface area contributed by atoms with Crippen LogP contribution in [0, 0.1) is 11.7 Å². The summed E-state index contributed by atoms with van der Waals surface area (Å²) in [6, 6.07) is 10.3. The number of anilines is 1. The molecule has 5 aromatic heterocycles. The Kier molecular flexibility index (Phi) is 6.44. The number of hydrogen-bond acceptors (Lipinski definition) is 7. The number of pyridine rings is 3. The molecule has 0 amide bonds. The monoisotopic (exact) mass is 545 g/mol. The molecule has 0 bridgehead atoms. The van der Waals surface area contributed by atoms with Gasteiger partial charge in [0.1, 0.15) is 11.5 Å². The number of hydrogen-bond donors (Lipinski definition) is 4. The average molecular weight is 546 g/mol. The van der Waals surface area contributed by atoms with Crippen LogP contribution >= 0.6 is 0 Å². The van der Waals surface area contributed by atoms with E-state index in [4.69, 9.17) is 4.98 Å². The zero-order valence-electron chi connectivity index (χ0n) is 22.3. The van der Waals surface area contributed by atoms with Gasteiger partial charge in [-0.2, -0.15) is 5.10 Å². The van der Waals surface area contributed by atoms with Gasteiger partial charge in [-0.15, -0.1) is 0 Å². The van der Waals surface area contributed by atoms with Crippen LogP contribution in [0.15, 0.2) is 79.7 Å². The SMILES string of the molecule is C=C(CC1CCNCC1)Nc1cncc(-c2cc3c(-c4nc5c(-c6ccc(F)cc6)cncc5[nH]4)n[nH]c3cn2)c1. The number of aromatic nitrogens is 7. The summed E-state index contributed by atoms with van der Waals surface area (Å²) in [6.07, 6.45) is 12.1. The maximum Gasteiger partial charge on any atom is 0.159 e.